The van der Waals surface area contributed by atoms with Crippen LogP contribution in [0.4, 0.5) is 0 Å². The summed E-state index contributed by atoms with van der Waals surface area (Å²) in [5.41, 5.74) is 3.50. The molecule has 0 unspecified atom stereocenters. The van der Waals surface area contributed by atoms with Crippen LogP contribution in [0.5, 0.6) is 0 Å². The molecule has 0 aromatic carbocycles. The minimum absolute atomic E-state index is 0.534. The quantitative estimate of drug-likeness (QED) is 0.867. The van der Waals surface area contributed by atoms with Crippen LogP contribution in [0.15, 0.2) is 30.9 Å². The molecule has 0 N–H and O–H groups in total. The highest BCUT2D eigenvalue weighted by atomic mass is 15.3. The van der Waals surface area contributed by atoms with E-state index in [1.54, 1.807) is 0 Å². The second kappa shape index (κ2) is 5.98. The molecule has 4 nitrogen and oxygen atoms in total. The Labute approximate surface area is 126 Å². The summed E-state index contributed by atoms with van der Waals surface area (Å²) in [7, 11) is 0. The Bertz CT molecular complexity index is 594. The van der Waals surface area contributed by atoms with Gasteiger partial charge in [-0.25, -0.2) is 0 Å². The molecule has 2 aromatic heterocycles. The minimum Gasteiger partial charge on any atom is -0.301 e. The summed E-state index contributed by atoms with van der Waals surface area (Å²) in [5.74, 6) is 0. The highest BCUT2D eigenvalue weighted by Gasteiger charge is 2.22. The van der Waals surface area contributed by atoms with Gasteiger partial charge in [-0.15, -0.1) is 0 Å². The third-order valence-corrected chi connectivity index (χ3v) is 4.41. The van der Waals surface area contributed by atoms with E-state index in [1.807, 2.05) is 18.6 Å². The molecule has 0 atom stereocenters. The average Bonchev–Trinajstić information content (AvgIpc) is 2.97. The lowest BCUT2D eigenvalue weighted by Crippen LogP contribution is -2.39. The number of hydrogen-bond donors (Lipinski definition) is 0. The standard InChI is InChI=1S/C17H24N4/c1-13(2)20-6-4-17(5-7-20)21-12-16(11-19-21)15-8-14(3)9-18-10-15/h8-13,17H,4-7H2,1-3H3. The van der Waals surface area contributed by atoms with Crippen LogP contribution in [-0.4, -0.2) is 38.8 Å². The maximum absolute atomic E-state index is 4.59. The molecule has 0 bridgehead atoms. The summed E-state index contributed by atoms with van der Waals surface area (Å²) in [6.45, 7) is 8.96. The zero-order chi connectivity index (χ0) is 14.8. The van der Waals surface area contributed by atoms with E-state index in [0.717, 1.165) is 11.1 Å². The maximum atomic E-state index is 4.59. The summed E-state index contributed by atoms with van der Waals surface area (Å²) >= 11 is 0. The molecule has 1 aliphatic heterocycles. The van der Waals surface area contributed by atoms with E-state index in [1.165, 1.54) is 31.5 Å². The minimum atomic E-state index is 0.534. The van der Waals surface area contributed by atoms with Gasteiger partial charge in [0, 0.05) is 48.8 Å². The van der Waals surface area contributed by atoms with Crippen LogP contribution in [-0.2, 0) is 0 Å². The van der Waals surface area contributed by atoms with Crippen LogP contribution in [0.1, 0.15) is 38.3 Å². The van der Waals surface area contributed by atoms with Gasteiger partial charge in [-0.3, -0.25) is 9.67 Å². The fourth-order valence-electron chi connectivity index (χ4n) is 3.07. The largest absolute Gasteiger partial charge is 0.301 e. The molecule has 0 saturated carbocycles. The lowest BCUT2D eigenvalue weighted by Gasteiger charge is -2.34. The Morgan fingerprint density at radius 2 is 1.86 bits per heavy atom. The van der Waals surface area contributed by atoms with Crippen molar-refractivity contribution in [2.45, 2.75) is 45.7 Å². The number of nitrogens with zero attached hydrogens (tertiary/aromatic N) is 4. The summed E-state index contributed by atoms with van der Waals surface area (Å²) < 4.78 is 2.15. The number of likely N-dealkylation sites (tertiary alicyclic amines) is 1. The van der Waals surface area contributed by atoms with Gasteiger partial charge in [0.25, 0.3) is 0 Å². The van der Waals surface area contributed by atoms with Crippen molar-refractivity contribution >= 4 is 0 Å². The van der Waals surface area contributed by atoms with Crippen molar-refractivity contribution in [1.29, 1.82) is 0 Å². The Kier molecular flexibility index (Phi) is 4.06. The van der Waals surface area contributed by atoms with Crippen LogP contribution in [0.3, 0.4) is 0 Å². The first-order valence-corrected chi connectivity index (χ1v) is 7.83. The second-order valence-corrected chi connectivity index (χ2v) is 6.32. The van der Waals surface area contributed by atoms with E-state index in [4.69, 9.17) is 0 Å². The lowest BCUT2D eigenvalue weighted by atomic mass is 10.0. The van der Waals surface area contributed by atoms with Crippen molar-refractivity contribution in [3.8, 4) is 11.1 Å². The molecule has 4 heteroatoms. The number of pyridine rings is 1. The number of aryl methyl sites for hydroxylation is 1. The van der Waals surface area contributed by atoms with E-state index in [0.29, 0.717) is 12.1 Å². The summed E-state index contributed by atoms with van der Waals surface area (Å²) in [4.78, 5) is 6.82. The highest BCUT2D eigenvalue weighted by molar-refractivity contribution is 5.61. The Balaban J connectivity index is 1.71. The monoisotopic (exact) mass is 284 g/mol. The van der Waals surface area contributed by atoms with Crippen molar-refractivity contribution in [2.75, 3.05) is 13.1 Å². The second-order valence-electron chi connectivity index (χ2n) is 6.32. The van der Waals surface area contributed by atoms with Crippen LogP contribution >= 0.6 is 0 Å². The fourth-order valence-corrected chi connectivity index (χ4v) is 3.07. The molecule has 1 saturated heterocycles. The Hall–Kier alpha value is -1.68. The predicted molar refractivity (Wildman–Crippen MR) is 85.2 cm³/mol. The van der Waals surface area contributed by atoms with Crippen LogP contribution < -0.4 is 0 Å². The molecule has 1 fully saturated rings. The topological polar surface area (TPSA) is 34.0 Å². The van der Waals surface area contributed by atoms with Gasteiger partial charge in [-0.05, 0) is 45.2 Å². The molecule has 112 valence electrons. The normalized spacial score (nSPS) is 17.5. The van der Waals surface area contributed by atoms with Gasteiger partial charge in [-0.2, -0.15) is 5.10 Å². The van der Waals surface area contributed by atoms with Crippen molar-refractivity contribution in [2.24, 2.45) is 0 Å². The zero-order valence-corrected chi connectivity index (χ0v) is 13.2. The first kappa shape index (κ1) is 14.3. The summed E-state index contributed by atoms with van der Waals surface area (Å²) in [5, 5.41) is 4.59. The Morgan fingerprint density at radius 1 is 1.10 bits per heavy atom. The molecule has 1 aliphatic rings. The van der Waals surface area contributed by atoms with Crippen molar-refractivity contribution in [3.63, 3.8) is 0 Å². The lowest BCUT2D eigenvalue weighted by molar-refractivity contribution is 0.147. The number of aromatic nitrogens is 3. The molecule has 21 heavy (non-hydrogen) atoms. The van der Waals surface area contributed by atoms with Crippen molar-refractivity contribution < 1.29 is 0 Å². The molecular weight excluding hydrogens is 260 g/mol. The third kappa shape index (κ3) is 3.16. The SMILES string of the molecule is Cc1cncc(-c2cnn(C3CCN(C(C)C)CC3)c2)c1. The van der Waals surface area contributed by atoms with E-state index in [-0.39, 0.29) is 0 Å². The average molecular weight is 284 g/mol. The van der Waals surface area contributed by atoms with E-state index < -0.39 is 0 Å². The first-order chi connectivity index (χ1) is 10.1. The summed E-state index contributed by atoms with van der Waals surface area (Å²) in [6, 6.07) is 3.35. The van der Waals surface area contributed by atoms with Gasteiger partial charge >= 0.3 is 0 Å². The van der Waals surface area contributed by atoms with E-state index >= 15 is 0 Å². The van der Waals surface area contributed by atoms with Gasteiger partial charge in [0.2, 0.25) is 0 Å². The van der Waals surface area contributed by atoms with Crippen LogP contribution in [0.2, 0.25) is 0 Å². The van der Waals surface area contributed by atoms with Crippen molar-refractivity contribution in [1.82, 2.24) is 19.7 Å². The highest BCUT2D eigenvalue weighted by Crippen LogP contribution is 2.26. The molecule has 3 heterocycles. The third-order valence-electron chi connectivity index (χ3n) is 4.41. The molecular formula is C17H24N4. The van der Waals surface area contributed by atoms with Gasteiger partial charge in [-0.1, -0.05) is 0 Å². The first-order valence-electron chi connectivity index (χ1n) is 7.83. The Morgan fingerprint density at radius 3 is 2.52 bits per heavy atom. The molecule has 0 amide bonds. The molecule has 2 aromatic rings. The zero-order valence-electron chi connectivity index (χ0n) is 13.2. The van der Waals surface area contributed by atoms with Gasteiger partial charge in [0.05, 0.1) is 12.2 Å². The van der Waals surface area contributed by atoms with E-state index in [2.05, 4.69) is 52.7 Å². The maximum Gasteiger partial charge on any atom is 0.0569 e. The predicted octanol–water partition coefficient (Wildman–Crippen LogP) is 3.30. The molecule has 3 rings (SSSR count). The number of rotatable bonds is 3. The number of hydrogen-bond acceptors (Lipinski definition) is 3. The fraction of sp³-hybridized carbons (Fsp3) is 0.529. The van der Waals surface area contributed by atoms with Crippen LogP contribution in [0, 0.1) is 6.92 Å². The molecule has 0 spiro atoms. The molecule has 0 aliphatic carbocycles. The van der Waals surface area contributed by atoms with Gasteiger partial charge < -0.3 is 4.90 Å². The van der Waals surface area contributed by atoms with Crippen LogP contribution in [0.25, 0.3) is 11.1 Å². The van der Waals surface area contributed by atoms with E-state index in [9.17, 15) is 0 Å². The number of piperidine rings is 1. The molecule has 0 radical (unpaired) electrons. The van der Waals surface area contributed by atoms with Gasteiger partial charge in [0.1, 0.15) is 0 Å². The van der Waals surface area contributed by atoms with Crippen molar-refractivity contribution in [3.05, 3.63) is 36.4 Å². The van der Waals surface area contributed by atoms with Gasteiger partial charge in [0.15, 0.2) is 0 Å². The smallest absolute Gasteiger partial charge is 0.0569 e. The summed E-state index contributed by atoms with van der Waals surface area (Å²) in [6.07, 6.45) is 10.3.